The van der Waals surface area contributed by atoms with Gasteiger partial charge in [0.2, 0.25) is 5.91 Å². The van der Waals surface area contributed by atoms with E-state index in [4.69, 9.17) is 5.73 Å². The SMILES string of the molecule is CSCC[C@H](N)C(=O)N1CCC(Cc2nccn2C)CC1. The van der Waals surface area contributed by atoms with E-state index in [-0.39, 0.29) is 11.9 Å². The van der Waals surface area contributed by atoms with Crippen LogP contribution >= 0.6 is 11.8 Å². The number of hydrogen-bond donors (Lipinski definition) is 1. The van der Waals surface area contributed by atoms with Crippen molar-refractivity contribution in [1.29, 1.82) is 0 Å². The summed E-state index contributed by atoms with van der Waals surface area (Å²) in [5.41, 5.74) is 5.98. The van der Waals surface area contributed by atoms with E-state index in [9.17, 15) is 4.79 Å². The lowest BCUT2D eigenvalue weighted by molar-refractivity contribution is -0.134. The summed E-state index contributed by atoms with van der Waals surface area (Å²) in [4.78, 5) is 18.6. The predicted molar refractivity (Wildman–Crippen MR) is 87.2 cm³/mol. The van der Waals surface area contributed by atoms with Crippen LogP contribution in [0.5, 0.6) is 0 Å². The zero-order chi connectivity index (χ0) is 15.2. The second-order valence-electron chi connectivity index (χ2n) is 5.82. The van der Waals surface area contributed by atoms with Crippen LogP contribution in [0.2, 0.25) is 0 Å². The average Bonchev–Trinajstić information content (AvgIpc) is 2.90. The first-order chi connectivity index (χ1) is 10.1. The molecule has 0 spiro atoms. The van der Waals surface area contributed by atoms with E-state index in [0.29, 0.717) is 5.92 Å². The molecule has 0 unspecified atom stereocenters. The third-order valence-corrected chi connectivity index (χ3v) is 4.91. The average molecular weight is 310 g/mol. The molecule has 21 heavy (non-hydrogen) atoms. The molecule has 2 heterocycles. The molecule has 1 aliphatic heterocycles. The van der Waals surface area contributed by atoms with Crippen LogP contribution in [0, 0.1) is 5.92 Å². The highest BCUT2D eigenvalue weighted by Crippen LogP contribution is 2.21. The fourth-order valence-corrected chi connectivity index (χ4v) is 3.30. The normalized spacial score (nSPS) is 18.0. The van der Waals surface area contributed by atoms with Crippen molar-refractivity contribution in [3.63, 3.8) is 0 Å². The van der Waals surface area contributed by atoms with E-state index >= 15 is 0 Å². The van der Waals surface area contributed by atoms with Gasteiger partial charge in [-0.05, 0) is 37.2 Å². The van der Waals surface area contributed by atoms with Gasteiger partial charge in [-0.3, -0.25) is 4.79 Å². The maximum Gasteiger partial charge on any atom is 0.239 e. The van der Waals surface area contributed by atoms with Crippen LogP contribution in [0.15, 0.2) is 12.4 Å². The Bertz CT molecular complexity index is 454. The van der Waals surface area contributed by atoms with Gasteiger partial charge in [0.25, 0.3) is 0 Å². The third-order valence-electron chi connectivity index (χ3n) is 4.27. The number of likely N-dealkylation sites (tertiary alicyclic amines) is 1. The van der Waals surface area contributed by atoms with Gasteiger partial charge < -0.3 is 15.2 Å². The number of nitrogens with zero attached hydrogens (tertiary/aromatic N) is 3. The largest absolute Gasteiger partial charge is 0.341 e. The molecule has 0 aromatic carbocycles. The molecule has 5 nitrogen and oxygen atoms in total. The Morgan fingerprint density at radius 3 is 2.81 bits per heavy atom. The van der Waals surface area contributed by atoms with Crippen LogP contribution < -0.4 is 5.73 Å². The fraction of sp³-hybridized carbons (Fsp3) is 0.733. The Morgan fingerprint density at radius 1 is 1.52 bits per heavy atom. The molecule has 118 valence electrons. The first kappa shape index (κ1) is 16.4. The molecule has 0 radical (unpaired) electrons. The summed E-state index contributed by atoms with van der Waals surface area (Å²) in [5.74, 6) is 2.83. The summed E-state index contributed by atoms with van der Waals surface area (Å²) in [5, 5.41) is 0. The molecule has 1 saturated heterocycles. The van der Waals surface area contributed by atoms with Gasteiger partial charge in [-0.2, -0.15) is 11.8 Å². The number of nitrogens with two attached hydrogens (primary N) is 1. The van der Waals surface area contributed by atoms with Crippen LogP contribution in [0.25, 0.3) is 0 Å². The van der Waals surface area contributed by atoms with Gasteiger partial charge in [-0.15, -0.1) is 0 Å². The lowest BCUT2D eigenvalue weighted by Crippen LogP contribution is -2.47. The van der Waals surface area contributed by atoms with Crippen LogP contribution in [0.3, 0.4) is 0 Å². The highest BCUT2D eigenvalue weighted by molar-refractivity contribution is 7.98. The molecular formula is C15H26N4OS. The van der Waals surface area contributed by atoms with Crippen LogP contribution in [-0.2, 0) is 18.3 Å². The van der Waals surface area contributed by atoms with Crippen molar-refractivity contribution in [3.8, 4) is 0 Å². The first-order valence-electron chi connectivity index (χ1n) is 7.61. The molecule has 1 aliphatic rings. The number of rotatable bonds is 6. The molecule has 0 aliphatic carbocycles. The standard InChI is InChI=1S/C15H26N4OS/c1-18-9-6-17-14(18)11-12-3-7-19(8-4-12)15(20)13(16)5-10-21-2/h6,9,12-13H,3-5,7-8,10-11,16H2,1-2H3/t13-/m0/s1. The van der Waals surface area contributed by atoms with Gasteiger partial charge in [0.1, 0.15) is 5.82 Å². The Kier molecular flexibility index (Phi) is 6.11. The maximum atomic E-state index is 12.3. The molecule has 0 saturated carbocycles. The Balaban J connectivity index is 1.77. The van der Waals surface area contributed by atoms with Gasteiger partial charge in [0.15, 0.2) is 0 Å². The quantitative estimate of drug-likeness (QED) is 0.860. The predicted octanol–water partition coefficient (Wildman–Crippen LogP) is 1.28. The Morgan fingerprint density at radius 2 is 2.24 bits per heavy atom. The molecule has 1 fully saturated rings. The number of aromatic nitrogens is 2. The molecule has 2 rings (SSSR count). The van der Waals surface area contributed by atoms with E-state index in [1.165, 1.54) is 0 Å². The number of aryl methyl sites for hydroxylation is 1. The molecule has 2 N–H and O–H groups in total. The topological polar surface area (TPSA) is 64.2 Å². The van der Waals surface area contributed by atoms with Gasteiger partial charge >= 0.3 is 0 Å². The molecule has 1 aromatic heterocycles. The molecular weight excluding hydrogens is 284 g/mol. The fourth-order valence-electron chi connectivity index (χ4n) is 2.81. The van der Waals surface area contributed by atoms with Crippen molar-refractivity contribution >= 4 is 17.7 Å². The minimum absolute atomic E-state index is 0.125. The number of carbonyl (C=O) groups is 1. The highest BCUT2D eigenvalue weighted by atomic mass is 32.2. The van der Waals surface area contributed by atoms with Crippen molar-refractivity contribution < 1.29 is 4.79 Å². The highest BCUT2D eigenvalue weighted by Gasteiger charge is 2.26. The van der Waals surface area contributed by atoms with Crippen molar-refractivity contribution in [2.75, 3.05) is 25.1 Å². The number of carbonyl (C=O) groups excluding carboxylic acids is 1. The van der Waals surface area contributed by atoms with E-state index in [1.54, 1.807) is 11.8 Å². The zero-order valence-electron chi connectivity index (χ0n) is 13.0. The van der Waals surface area contributed by atoms with Gasteiger partial charge in [-0.25, -0.2) is 4.98 Å². The second-order valence-corrected chi connectivity index (χ2v) is 6.80. The molecule has 1 aromatic rings. The summed E-state index contributed by atoms with van der Waals surface area (Å²) < 4.78 is 2.08. The molecule has 0 bridgehead atoms. The number of thioether (sulfide) groups is 1. The summed E-state index contributed by atoms with van der Waals surface area (Å²) in [6, 6.07) is -0.330. The van der Waals surface area contributed by atoms with Crippen molar-refractivity contribution in [2.24, 2.45) is 18.7 Å². The zero-order valence-corrected chi connectivity index (χ0v) is 13.8. The lowest BCUT2D eigenvalue weighted by atomic mass is 9.93. The Labute approximate surface area is 131 Å². The second kappa shape index (κ2) is 7.84. The van der Waals surface area contributed by atoms with E-state index in [0.717, 1.165) is 50.4 Å². The van der Waals surface area contributed by atoms with Gasteiger partial charge in [-0.1, -0.05) is 0 Å². The lowest BCUT2D eigenvalue weighted by Gasteiger charge is -2.33. The smallest absolute Gasteiger partial charge is 0.239 e. The summed E-state index contributed by atoms with van der Waals surface area (Å²) >= 11 is 1.74. The number of piperidine rings is 1. The summed E-state index contributed by atoms with van der Waals surface area (Å²) in [6.45, 7) is 1.67. The van der Waals surface area contributed by atoms with E-state index < -0.39 is 0 Å². The third kappa shape index (κ3) is 4.48. The van der Waals surface area contributed by atoms with Gasteiger partial charge in [0.05, 0.1) is 6.04 Å². The summed E-state index contributed by atoms with van der Waals surface area (Å²) in [6.07, 6.45) is 9.75. The van der Waals surface area contributed by atoms with Crippen molar-refractivity contribution in [2.45, 2.75) is 31.7 Å². The van der Waals surface area contributed by atoms with Crippen molar-refractivity contribution in [3.05, 3.63) is 18.2 Å². The summed E-state index contributed by atoms with van der Waals surface area (Å²) in [7, 11) is 2.03. The van der Waals surface area contributed by atoms with Crippen LogP contribution in [0.1, 0.15) is 25.1 Å². The molecule has 1 amide bonds. The van der Waals surface area contributed by atoms with Crippen molar-refractivity contribution in [1.82, 2.24) is 14.5 Å². The minimum Gasteiger partial charge on any atom is -0.341 e. The first-order valence-corrected chi connectivity index (χ1v) is 9.00. The Hall–Kier alpha value is -1.01. The van der Waals surface area contributed by atoms with Gasteiger partial charge in [0, 0.05) is 39.0 Å². The van der Waals surface area contributed by atoms with E-state index in [2.05, 4.69) is 9.55 Å². The monoisotopic (exact) mass is 310 g/mol. The number of imidazole rings is 1. The number of amides is 1. The molecule has 1 atom stereocenters. The van der Waals surface area contributed by atoms with Crippen LogP contribution in [0.4, 0.5) is 0 Å². The molecule has 6 heteroatoms. The van der Waals surface area contributed by atoms with Crippen LogP contribution in [-0.4, -0.2) is 51.5 Å². The van der Waals surface area contributed by atoms with E-state index in [1.807, 2.05) is 30.6 Å². The minimum atomic E-state index is -0.330. The maximum absolute atomic E-state index is 12.3. The number of hydrogen-bond acceptors (Lipinski definition) is 4.